The number of rotatable bonds is 7. The van der Waals surface area contributed by atoms with Crippen molar-refractivity contribution >= 4 is 11.8 Å². The number of hydrogen-bond acceptors (Lipinski definition) is 4. The summed E-state index contributed by atoms with van der Waals surface area (Å²) < 4.78 is 0. The van der Waals surface area contributed by atoms with Gasteiger partial charge in [-0.3, -0.25) is 9.59 Å². The van der Waals surface area contributed by atoms with Gasteiger partial charge in [-0.2, -0.15) is 0 Å². The van der Waals surface area contributed by atoms with Crippen LogP contribution in [-0.2, 0) is 9.59 Å². The normalized spacial score (nSPS) is 16.9. The number of nitrogens with one attached hydrogen (secondary N) is 1. The Bertz CT molecular complexity index is 314. The van der Waals surface area contributed by atoms with Gasteiger partial charge in [0.2, 0.25) is 11.8 Å². The lowest BCUT2D eigenvalue weighted by Crippen LogP contribution is -2.41. The molecule has 0 atom stereocenters. The van der Waals surface area contributed by atoms with Crippen molar-refractivity contribution in [3.8, 4) is 0 Å². The molecule has 6 nitrogen and oxygen atoms in total. The summed E-state index contributed by atoms with van der Waals surface area (Å²) in [7, 11) is 3.51. The number of hydrogen-bond donors (Lipinski definition) is 2. The van der Waals surface area contributed by atoms with Crippen LogP contribution < -0.4 is 11.1 Å². The predicted molar refractivity (Wildman–Crippen MR) is 79.2 cm³/mol. The first-order chi connectivity index (χ1) is 9.58. The molecule has 0 bridgehead atoms. The maximum Gasteiger partial charge on any atom is 0.223 e. The monoisotopic (exact) mass is 284 g/mol. The van der Waals surface area contributed by atoms with Crippen molar-refractivity contribution in [2.45, 2.75) is 25.7 Å². The Morgan fingerprint density at radius 3 is 2.55 bits per heavy atom. The van der Waals surface area contributed by atoms with E-state index in [0.29, 0.717) is 13.0 Å². The summed E-state index contributed by atoms with van der Waals surface area (Å²) in [6.45, 7) is 3.93. The van der Waals surface area contributed by atoms with Crippen LogP contribution in [0.4, 0.5) is 0 Å². The van der Waals surface area contributed by atoms with Crippen LogP contribution in [0.1, 0.15) is 25.7 Å². The summed E-state index contributed by atoms with van der Waals surface area (Å²) in [5, 5.41) is 2.71. The van der Waals surface area contributed by atoms with E-state index in [2.05, 4.69) is 10.2 Å². The molecule has 0 aromatic rings. The maximum absolute atomic E-state index is 11.9. The molecule has 20 heavy (non-hydrogen) atoms. The molecule has 0 spiro atoms. The fraction of sp³-hybridized carbons (Fsp3) is 0.857. The highest BCUT2D eigenvalue weighted by atomic mass is 16.2. The van der Waals surface area contributed by atoms with E-state index in [4.69, 9.17) is 5.73 Å². The topological polar surface area (TPSA) is 78.7 Å². The fourth-order valence-corrected chi connectivity index (χ4v) is 2.52. The first-order valence-electron chi connectivity index (χ1n) is 7.46. The zero-order valence-corrected chi connectivity index (χ0v) is 12.7. The van der Waals surface area contributed by atoms with Gasteiger partial charge in [0.05, 0.1) is 0 Å². The van der Waals surface area contributed by atoms with Crippen LogP contribution in [0.3, 0.4) is 0 Å². The molecule has 6 heteroatoms. The lowest BCUT2D eigenvalue weighted by molar-refractivity contribution is -0.131. The molecule has 116 valence electrons. The van der Waals surface area contributed by atoms with E-state index in [1.54, 1.807) is 11.9 Å². The number of nitrogens with zero attached hydrogens (tertiary/aromatic N) is 2. The van der Waals surface area contributed by atoms with Crippen molar-refractivity contribution < 1.29 is 9.59 Å². The Hall–Kier alpha value is -1.14. The number of amides is 2. The second-order valence-corrected chi connectivity index (χ2v) is 5.44. The van der Waals surface area contributed by atoms with E-state index in [9.17, 15) is 9.59 Å². The summed E-state index contributed by atoms with van der Waals surface area (Å²) in [5.74, 6) is 0.452. The highest BCUT2D eigenvalue weighted by molar-refractivity contribution is 5.78. The highest BCUT2D eigenvalue weighted by Crippen LogP contribution is 2.17. The van der Waals surface area contributed by atoms with Crippen molar-refractivity contribution in [3.63, 3.8) is 0 Å². The Morgan fingerprint density at radius 2 is 2.00 bits per heavy atom. The Kier molecular flexibility index (Phi) is 7.54. The second kappa shape index (κ2) is 8.92. The molecule has 1 fully saturated rings. The molecule has 1 rings (SSSR count). The minimum absolute atomic E-state index is 0.138. The van der Waals surface area contributed by atoms with Crippen LogP contribution in [0.25, 0.3) is 0 Å². The van der Waals surface area contributed by atoms with Crippen molar-refractivity contribution in [2.75, 3.05) is 46.8 Å². The van der Waals surface area contributed by atoms with Crippen LogP contribution in [0.15, 0.2) is 0 Å². The zero-order valence-electron chi connectivity index (χ0n) is 12.7. The first kappa shape index (κ1) is 16.9. The molecule has 0 radical (unpaired) electrons. The van der Waals surface area contributed by atoms with Crippen LogP contribution >= 0.6 is 0 Å². The summed E-state index contributed by atoms with van der Waals surface area (Å²) in [6.07, 6.45) is 3.17. The SMILES string of the molecule is CNC(=O)C1CCN(CCC(=O)N(C)CCCN)CC1. The quantitative estimate of drug-likeness (QED) is 0.669. The maximum atomic E-state index is 11.9. The van der Waals surface area contributed by atoms with E-state index >= 15 is 0 Å². The van der Waals surface area contributed by atoms with Crippen molar-refractivity contribution in [3.05, 3.63) is 0 Å². The first-order valence-corrected chi connectivity index (χ1v) is 7.46. The van der Waals surface area contributed by atoms with Gasteiger partial charge in [-0.05, 0) is 38.9 Å². The van der Waals surface area contributed by atoms with Gasteiger partial charge in [0.15, 0.2) is 0 Å². The molecule has 1 heterocycles. The smallest absolute Gasteiger partial charge is 0.223 e. The minimum atomic E-state index is 0.138. The lowest BCUT2D eigenvalue weighted by atomic mass is 9.96. The average Bonchev–Trinajstić information content (AvgIpc) is 2.49. The molecule has 0 aliphatic carbocycles. The van der Waals surface area contributed by atoms with Gasteiger partial charge in [-0.1, -0.05) is 0 Å². The Balaban J connectivity index is 2.20. The summed E-state index contributed by atoms with van der Waals surface area (Å²) >= 11 is 0. The number of carbonyl (C=O) groups is 2. The number of likely N-dealkylation sites (tertiary alicyclic amines) is 1. The summed E-state index contributed by atoms with van der Waals surface area (Å²) in [5.41, 5.74) is 5.44. The number of piperidine rings is 1. The third-order valence-corrected chi connectivity index (χ3v) is 3.97. The minimum Gasteiger partial charge on any atom is -0.359 e. The summed E-state index contributed by atoms with van der Waals surface area (Å²) in [4.78, 5) is 27.5. The molecular formula is C14H28N4O2. The molecule has 0 saturated carbocycles. The van der Waals surface area contributed by atoms with Gasteiger partial charge in [-0.25, -0.2) is 0 Å². The van der Waals surface area contributed by atoms with E-state index in [1.807, 2.05) is 7.05 Å². The predicted octanol–water partition coefficient (Wildman–Crippen LogP) is -0.358. The largest absolute Gasteiger partial charge is 0.359 e. The number of carbonyl (C=O) groups excluding carboxylic acids is 2. The van der Waals surface area contributed by atoms with Gasteiger partial charge in [0.25, 0.3) is 0 Å². The molecule has 1 saturated heterocycles. The zero-order chi connectivity index (χ0) is 15.0. The molecular weight excluding hydrogens is 256 g/mol. The van der Waals surface area contributed by atoms with E-state index in [0.717, 1.165) is 45.4 Å². The van der Waals surface area contributed by atoms with Crippen LogP contribution in [0.2, 0.25) is 0 Å². The van der Waals surface area contributed by atoms with Gasteiger partial charge in [0, 0.05) is 39.5 Å². The standard InChI is InChI=1S/C14H28N4O2/c1-16-14(20)12-4-9-18(10-5-12)11-6-13(19)17(2)8-3-7-15/h12H,3-11,15H2,1-2H3,(H,16,20). The molecule has 3 N–H and O–H groups in total. The summed E-state index contributed by atoms with van der Waals surface area (Å²) in [6, 6.07) is 0. The highest BCUT2D eigenvalue weighted by Gasteiger charge is 2.24. The third kappa shape index (κ3) is 5.46. The van der Waals surface area contributed by atoms with Crippen LogP contribution in [0.5, 0.6) is 0 Å². The number of nitrogens with two attached hydrogens (primary N) is 1. The van der Waals surface area contributed by atoms with E-state index < -0.39 is 0 Å². The van der Waals surface area contributed by atoms with E-state index in [-0.39, 0.29) is 17.7 Å². The van der Waals surface area contributed by atoms with Crippen LogP contribution in [-0.4, -0.2) is 68.4 Å². The molecule has 0 aromatic carbocycles. The van der Waals surface area contributed by atoms with Gasteiger partial charge in [-0.15, -0.1) is 0 Å². The van der Waals surface area contributed by atoms with Crippen molar-refractivity contribution in [1.29, 1.82) is 0 Å². The Labute approximate surface area is 121 Å². The fourth-order valence-electron chi connectivity index (χ4n) is 2.52. The molecule has 2 amide bonds. The molecule has 1 aliphatic rings. The average molecular weight is 284 g/mol. The van der Waals surface area contributed by atoms with E-state index in [1.165, 1.54) is 0 Å². The van der Waals surface area contributed by atoms with Crippen molar-refractivity contribution in [2.24, 2.45) is 11.7 Å². The van der Waals surface area contributed by atoms with Gasteiger partial charge < -0.3 is 20.9 Å². The van der Waals surface area contributed by atoms with Gasteiger partial charge in [0.1, 0.15) is 0 Å². The molecule has 0 aromatic heterocycles. The molecule has 0 unspecified atom stereocenters. The lowest BCUT2D eigenvalue weighted by Gasteiger charge is -2.31. The second-order valence-electron chi connectivity index (χ2n) is 5.44. The van der Waals surface area contributed by atoms with Gasteiger partial charge >= 0.3 is 0 Å². The molecule has 1 aliphatic heterocycles. The van der Waals surface area contributed by atoms with Crippen molar-refractivity contribution in [1.82, 2.24) is 15.1 Å². The Morgan fingerprint density at radius 1 is 1.35 bits per heavy atom. The van der Waals surface area contributed by atoms with Crippen LogP contribution in [0, 0.1) is 5.92 Å². The third-order valence-electron chi connectivity index (χ3n) is 3.97.